The quantitative estimate of drug-likeness (QED) is 0.574. The van der Waals surface area contributed by atoms with Gasteiger partial charge in [0.2, 0.25) is 23.5 Å². The topological polar surface area (TPSA) is 111 Å². The van der Waals surface area contributed by atoms with E-state index in [1.807, 2.05) is 35.7 Å². The van der Waals surface area contributed by atoms with Crippen molar-refractivity contribution in [1.82, 2.24) is 10.1 Å². The maximum atomic E-state index is 12.2. The average Bonchev–Trinajstić information content (AvgIpc) is 3.30. The largest absolute Gasteiger partial charge is 0.369 e. The van der Waals surface area contributed by atoms with Crippen molar-refractivity contribution in [3.8, 4) is 10.7 Å². The van der Waals surface area contributed by atoms with Gasteiger partial charge in [-0.1, -0.05) is 23.4 Å². The summed E-state index contributed by atoms with van der Waals surface area (Å²) in [4.78, 5) is 29.2. The van der Waals surface area contributed by atoms with Gasteiger partial charge in [-0.3, -0.25) is 9.59 Å². The van der Waals surface area contributed by atoms with E-state index in [1.165, 1.54) is 23.1 Å². The van der Waals surface area contributed by atoms with Gasteiger partial charge in [0.1, 0.15) is 0 Å². The Hall–Kier alpha value is -2.65. The molecule has 0 aliphatic rings. The van der Waals surface area contributed by atoms with Crippen LogP contribution in [0.2, 0.25) is 0 Å². The van der Waals surface area contributed by atoms with Gasteiger partial charge in [0.15, 0.2) is 0 Å². The number of anilines is 1. The van der Waals surface area contributed by atoms with Gasteiger partial charge in [0.05, 0.1) is 16.3 Å². The zero-order valence-electron chi connectivity index (χ0n) is 13.7. The minimum Gasteiger partial charge on any atom is -0.369 e. The number of rotatable bonds is 8. The Morgan fingerprint density at radius 3 is 2.85 bits per heavy atom. The van der Waals surface area contributed by atoms with Crippen molar-refractivity contribution in [2.75, 3.05) is 11.1 Å². The van der Waals surface area contributed by atoms with Gasteiger partial charge in [-0.2, -0.15) is 4.98 Å². The van der Waals surface area contributed by atoms with Crippen molar-refractivity contribution in [1.29, 1.82) is 0 Å². The molecule has 2 aromatic heterocycles. The number of hydrogen-bond donors (Lipinski definition) is 2. The van der Waals surface area contributed by atoms with Crippen molar-refractivity contribution < 1.29 is 14.1 Å². The maximum absolute atomic E-state index is 12.2. The van der Waals surface area contributed by atoms with E-state index in [0.29, 0.717) is 23.8 Å². The summed E-state index contributed by atoms with van der Waals surface area (Å²) >= 11 is 2.81. The molecule has 0 aliphatic carbocycles. The molecule has 26 heavy (non-hydrogen) atoms. The fourth-order valence-corrected chi connectivity index (χ4v) is 3.54. The van der Waals surface area contributed by atoms with Crippen LogP contribution in [0.4, 0.5) is 5.69 Å². The summed E-state index contributed by atoms with van der Waals surface area (Å²) in [5.74, 6) is 0.519. The highest BCUT2D eigenvalue weighted by atomic mass is 32.2. The maximum Gasteiger partial charge on any atom is 0.227 e. The molecular weight excluding hydrogens is 372 g/mol. The molecule has 2 amide bonds. The first kappa shape index (κ1) is 18.2. The Morgan fingerprint density at radius 2 is 2.08 bits per heavy atom. The number of nitrogens with two attached hydrogens (primary N) is 1. The number of thiophene rings is 1. The van der Waals surface area contributed by atoms with Crippen LogP contribution in [0.1, 0.15) is 12.3 Å². The Labute approximate surface area is 158 Å². The van der Waals surface area contributed by atoms with Gasteiger partial charge < -0.3 is 15.6 Å². The molecule has 0 saturated heterocycles. The molecule has 3 aromatic rings. The molecule has 7 nitrogen and oxygen atoms in total. The van der Waals surface area contributed by atoms with Crippen LogP contribution in [0, 0.1) is 0 Å². The van der Waals surface area contributed by atoms with Gasteiger partial charge in [-0.25, -0.2) is 0 Å². The number of amides is 2. The van der Waals surface area contributed by atoms with E-state index in [4.69, 9.17) is 10.3 Å². The molecule has 9 heteroatoms. The van der Waals surface area contributed by atoms with Crippen molar-refractivity contribution in [3.63, 3.8) is 0 Å². The van der Waals surface area contributed by atoms with Crippen molar-refractivity contribution >= 4 is 40.6 Å². The van der Waals surface area contributed by atoms with Gasteiger partial charge in [-0.15, -0.1) is 23.1 Å². The minimum atomic E-state index is -0.408. The van der Waals surface area contributed by atoms with E-state index >= 15 is 0 Å². The number of thioether (sulfide) groups is 1. The summed E-state index contributed by atoms with van der Waals surface area (Å²) in [6.07, 6.45) is 0.557. The van der Waals surface area contributed by atoms with E-state index in [0.717, 1.165) is 9.77 Å². The lowest BCUT2D eigenvalue weighted by atomic mass is 10.2. The van der Waals surface area contributed by atoms with Crippen molar-refractivity contribution in [2.45, 2.75) is 17.7 Å². The lowest BCUT2D eigenvalue weighted by Crippen LogP contribution is -2.15. The molecule has 3 rings (SSSR count). The second-order valence-electron chi connectivity index (χ2n) is 5.29. The molecule has 0 atom stereocenters. The zero-order valence-corrected chi connectivity index (χ0v) is 15.3. The van der Waals surface area contributed by atoms with Crippen LogP contribution in [-0.4, -0.2) is 27.7 Å². The van der Waals surface area contributed by atoms with E-state index in [9.17, 15) is 9.59 Å². The van der Waals surface area contributed by atoms with Gasteiger partial charge in [0, 0.05) is 17.7 Å². The zero-order chi connectivity index (χ0) is 18.4. The number of nitrogens with one attached hydrogen (secondary N) is 1. The molecule has 0 spiro atoms. The molecule has 0 unspecified atom stereocenters. The summed E-state index contributed by atoms with van der Waals surface area (Å²) in [6.45, 7) is 0. The molecule has 3 N–H and O–H groups in total. The van der Waals surface area contributed by atoms with Crippen LogP contribution in [0.25, 0.3) is 10.7 Å². The number of aromatic nitrogens is 2. The highest BCUT2D eigenvalue weighted by molar-refractivity contribution is 8.00. The van der Waals surface area contributed by atoms with Crippen LogP contribution in [-0.2, 0) is 16.0 Å². The second-order valence-corrected chi connectivity index (χ2v) is 7.25. The fourth-order valence-electron chi connectivity index (χ4n) is 2.14. The van der Waals surface area contributed by atoms with Crippen LogP contribution in [0.15, 0.2) is 51.2 Å². The number of hydrogen-bond acceptors (Lipinski definition) is 7. The van der Waals surface area contributed by atoms with Crippen molar-refractivity contribution in [3.05, 3.63) is 47.7 Å². The summed E-state index contributed by atoms with van der Waals surface area (Å²) in [6, 6.07) is 11.1. The number of carbonyl (C=O) groups is 2. The highest BCUT2D eigenvalue weighted by Crippen LogP contribution is 2.27. The first-order valence-electron chi connectivity index (χ1n) is 7.78. The third kappa shape index (κ3) is 4.93. The Kier molecular flexibility index (Phi) is 6.03. The SMILES string of the molecule is NC(=O)CSc1ccccc1NC(=O)CCc1nc(-c2cccs2)no1. The third-order valence-electron chi connectivity index (χ3n) is 3.31. The van der Waals surface area contributed by atoms with Gasteiger partial charge in [-0.05, 0) is 23.6 Å². The number of carbonyl (C=O) groups excluding carboxylic acids is 2. The Balaban J connectivity index is 1.55. The Bertz CT molecular complexity index is 893. The third-order valence-corrected chi connectivity index (χ3v) is 5.27. The molecule has 0 fully saturated rings. The molecule has 134 valence electrons. The lowest BCUT2D eigenvalue weighted by Gasteiger charge is -2.09. The van der Waals surface area contributed by atoms with E-state index in [-0.39, 0.29) is 18.1 Å². The predicted molar refractivity (Wildman–Crippen MR) is 101 cm³/mol. The molecule has 0 saturated carbocycles. The smallest absolute Gasteiger partial charge is 0.227 e. The first-order chi connectivity index (χ1) is 12.6. The second kappa shape index (κ2) is 8.63. The lowest BCUT2D eigenvalue weighted by molar-refractivity contribution is -0.116. The summed E-state index contributed by atoms with van der Waals surface area (Å²) in [5.41, 5.74) is 5.82. The normalized spacial score (nSPS) is 10.6. The van der Waals surface area contributed by atoms with Crippen LogP contribution >= 0.6 is 23.1 Å². The summed E-state index contributed by atoms with van der Waals surface area (Å²) < 4.78 is 5.19. The van der Waals surface area contributed by atoms with Crippen LogP contribution in [0.3, 0.4) is 0 Å². The number of nitrogens with zero attached hydrogens (tertiary/aromatic N) is 2. The first-order valence-corrected chi connectivity index (χ1v) is 9.65. The van der Waals surface area contributed by atoms with Crippen LogP contribution in [0.5, 0.6) is 0 Å². The van der Waals surface area contributed by atoms with E-state index in [1.54, 1.807) is 6.07 Å². The average molecular weight is 388 g/mol. The molecule has 2 heterocycles. The molecule has 1 aromatic carbocycles. The Morgan fingerprint density at radius 1 is 1.23 bits per heavy atom. The number of aryl methyl sites for hydroxylation is 1. The van der Waals surface area contributed by atoms with E-state index < -0.39 is 5.91 Å². The molecule has 0 bridgehead atoms. The van der Waals surface area contributed by atoms with Crippen molar-refractivity contribution in [2.24, 2.45) is 5.73 Å². The van der Waals surface area contributed by atoms with Gasteiger partial charge >= 0.3 is 0 Å². The molecular formula is C17H16N4O3S2. The van der Waals surface area contributed by atoms with Gasteiger partial charge in [0.25, 0.3) is 0 Å². The summed E-state index contributed by atoms with van der Waals surface area (Å²) in [5, 5.41) is 8.70. The fraction of sp³-hybridized carbons (Fsp3) is 0.176. The molecule has 0 radical (unpaired) electrons. The monoisotopic (exact) mass is 388 g/mol. The predicted octanol–water partition coefficient (Wildman–Crippen LogP) is 2.95. The minimum absolute atomic E-state index is 0.153. The number of primary amides is 1. The molecule has 0 aliphatic heterocycles. The summed E-state index contributed by atoms with van der Waals surface area (Å²) in [7, 11) is 0. The number of benzene rings is 1. The standard InChI is InChI=1S/C17H16N4O3S2/c18-14(22)10-26-12-5-2-1-4-11(12)19-15(23)7-8-16-20-17(21-24-16)13-6-3-9-25-13/h1-6,9H,7-8,10H2,(H2,18,22)(H,19,23). The van der Waals surface area contributed by atoms with Crippen LogP contribution < -0.4 is 11.1 Å². The van der Waals surface area contributed by atoms with E-state index in [2.05, 4.69) is 15.5 Å². The number of para-hydroxylation sites is 1. The highest BCUT2D eigenvalue weighted by Gasteiger charge is 2.12.